The maximum absolute atomic E-state index is 13.1. The van der Waals surface area contributed by atoms with Crippen molar-refractivity contribution in [1.82, 2.24) is 4.98 Å². The summed E-state index contributed by atoms with van der Waals surface area (Å²) in [4.78, 5) is 30.4. The summed E-state index contributed by atoms with van der Waals surface area (Å²) in [5.74, 6) is -0.373. The molecule has 0 spiro atoms. The number of pyridine rings is 1. The highest BCUT2D eigenvalue weighted by molar-refractivity contribution is 6.11. The Morgan fingerprint density at radius 1 is 1.07 bits per heavy atom. The Balaban J connectivity index is 1.72. The van der Waals surface area contributed by atoms with Crippen LogP contribution in [0.3, 0.4) is 0 Å². The largest absolute Gasteiger partial charge is 0.371 e. The van der Waals surface area contributed by atoms with Crippen LogP contribution in [0.4, 0.5) is 17.1 Å². The minimum absolute atomic E-state index is 0.0954. The number of anilines is 2. The summed E-state index contributed by atoms with van der Waals surface area (Å²) in [5, 5.41) is 15.1. The van der Waals surface area contributed by atoms with Crippen LogP contribution < -0.4 is 10.2 Å². The molecule has 7 nitrogen and oxygen atoms in total. The van der Waals surface area contributed by atoms with Gasteiger partial charge in [-0.1, -0.05) is 18.2 Å². The van der Waals surface area contributed by atoms with Gasteiger partial charge in [0.25, 0.3) is 11.6 Å². The molecule has 0 unspecified atom stereocenters. The summed E-state index contributed by atoms with van der Waals surface area (Å²) in [6, 6.07) is 13.8. The lowest BCUT2D eigenvalue weighted by Gasteiger charge is -2.30. The number of non-ortho nitro benzene ring substituents is 1. The van der Waals surface area contributed by atoms with E-state index in [4.69, 9.17) is 0 Å². The van der Waals surface area contributed by atoms with Crippen LogP contribution >= 0.6 is 0 Å². The summed E-state index contributed by atoms with van der Waals surface area (Å²) in [7, 11) is 0. The molecule has 1 fully saturated rings. The second-order valence-electron chi connectivity index (χ2n) is 6.84. The standard InChI is InChI=1S/C21H20N4O3/c26-21(23-18-8-4-6-15-7-5-11-22-20(15)18)17-14-16(25(27)28)9-10-19(17)24-12-2-1-3-13-24/h4-11,14H,1-3,12-13H2,(H,23,26). The van der Waals surface area contributed by atoms with Gasteiger partial charge in [0.2, 0.25) is 0 Å². The maximum atomic E-state index is 13.1. The van der Waals surface area contributed by atoms with E-state index in [9.17, 15) is 14.9 Å². The first-order valence-electron chi connectivity index (χ1n) is 9.32. The van der Waals surface area contributed by atoms with Crippen molar-refractivity contribution in [2.24, 2.45) is 0 Å². The molecule has 0 saturated carbocycles. The summed E-state index contributed by atoms with van der Waals surface area (Å²) < 4.78 is 0. The maximum Gasteiger partial charge on any atom is 0.270 e. The third-order valence-electron chi connectivity index (χ3n) is 5.01. The summed E-state index contributed by atoms with van der Waals surface area (Å²) in [5.41, 5.74) is 2.21. The molecule has 2 heterocycles. The number of benzene rings is 2. The number of nitrogens with one attached hydrogen (secondary N) is 1. The third-order valence-corrected chi connectivity index (χ3v) is 5.01. The molecule has 7 heteroatoms. The average Bonchev–Trinajstić information content (AvgIpc) is 2.74. The van der Waals surface area contributed by atoms with Crippen molar-refractivity contribution in [3.63, 3.8) is 0 Å². The Labute approximate surface area is 162 Å². The van der Waals surface area contributed by atoms with Crippen molar-refractivity contribution in [2.75, 3.05) is 23.3 Å². The van der Waals surface area contributed by atoms with E-state index < -0.39 is 4.92 Å². The molecule has 28 heavy (non-hydrogen) atoms. The Morgan fingerprint density at radius 2 is 1.86 bits per heavy atom. The number of nitro benzene ring substituents is 1. The molecular formula is C21H20N4O3. The molecule has 0 bridgehead atoms. The van der Waals surface area contributed by atoms with Crippen LogP contribution in [0.2, 0.25) is 0 Å². The molecule has 1 aliphatic rings. The molecular weight excluding hydrogens is 356 g/mol. The third kappa shape index (κ3) is 3.51. The van der Waals surface area contributed by atoms with E-state index in [1.807, 2.05) is 24.3 Å². The fourth-order valence-corrected chi connectivity index (χ4v) is 3.62. The number of hydrogen-bond acceptors (Lipinski definition) is 5. The fraction of sp³-hybridized carbons (Fsp3) is 0.238. The van der Waals surface area contributed by atoms with E-state index in [2.05, 4.69) is 15.2 Å². The lowest BCUT2D eigenvalue weighted by atomic mass is 10.1. The molecule has 1 aliphatic heterocycles. The van der Waals surface area contributed by atoms with Crippen LogP contribution in [-0.2, 0) is 0 Å². The van der Waals surface area contributed by atoms with E-state index in [0.717, 1.165) is 43.4 Å². The van der Waals surface area contributed by atoms with Crippen molar-refractivity contribution >= 4 is 33.9 Å². The second-order valence-corrected chi connectivity index (χ2v) is 6.84. The van der Waals surface area contributed by atoms with Gasteiger partial charge in [0.15, 0.2) is 0 Å². The highest BCUT2D eigenvalue weighted by Crippen LogP contribution is 2.29. The summed E-state index contributed by atoms with van der Waals surface area (Å²) >= 11 is 0. The first kappa shape index (κ1) is 17.9. The minimum atomic E-state index is -0.476. The average molecular weight is 376 g/mol. The normalized spacial score (nSPS) is 14.1. The van der Waals surface area contributed by atoms with E-state index in [0.29, 0.717) is 16.8 Å². The Kier molecular flexibility index (Phi) is 4.89. The molecule has 142 valence electrons. The molecule has 1 saturated heterocycles. The molecule has 0 atom stereocenters. The molecule has 1 amide bonds. The van der Waals surface area contributed by atoms with E-state index in [-0.39, 0.29) is 11.6 Å². The minimum Gasteiger partial charge on any atom is -0.371 e. The highest BCUT2D eigenvalue weighted by atomic mass is 16.6. The summed E-state index contributed by atoms with van der Waals surface area (Å²) in [6.45, 7) is 1.68. The predicted molar refractivity (Wildman–Crippen MR) is 109 cm³/mol. The van der Waals surface area contributed by atoms with Gasteiger partial charge in [-0.15, -0.1) is 0 Å². The highest BCUT2D eigenvalue weighted by Gasteiger charge is 2.22. The van der Waals surface area contributed by atoms with Crippen LogP contribution in [0.25, 0.3) is 10.9 Å². The van der Waals surface area contributed by atoms with Gasteiger partial charge >= 0.3 is 0 Å². The van der Waals surface area contributed by atoms with Crippen molar-refractivity contribution in [3.8, 4) is 0 Å². The molecule has 3 aromatic rings. The fourth-order valence-electron chi connectivity index (χ4n) is 3.62. The van der Waals surface area contributed by atoms with Crippen molar-refractivity contribution in [2.45, 2.75) is 19.3 Å². The van der Waals surface area contributed by atoms with Gasteiger partial charge < -0.3 is 10.2 Å². The Bertz CT molecular complexity index is 1040. The van der Waals surface area contributed by atoms with E-state index in [1.54, 1.807) is 18.3 Å². The van der Waals surface area contributed by atoms with Gasteiger partial charge in [0, 0.05) is 36.8 Å². The number of carbonyl (C=O) groups excluding carboxylic acids is 1. The Hall–Kier alpha value is -3.48. The SMILES string of the molecule is O=C(Nc1cccc2cccnc12)c1cc([N+](=O)[O-])ccc1N1CCCCC1. The lowest BCUT2D eigenvalue weighted by Crippen LogP contribution is -2.31. The van der Waals surface area contributed by atoms with Crippen LogP contribution in [0.5, 0.6) is 0 Å². The number of nitro groups is 1. The van der Waals surface area contributed by atoms with Gasteiger partial charge in [0.05, 0.1) is 27.4 Å². The first-order valence-corrected chi connectivity index (χ1v) is 9.32. The topological polar surface area (TPSA) is 88.4 Å². The number of nitrogens with zero attached hydrogens (tertiary/aromatic N) is 3. The van der Waals surface area contributed by atoms with E-state index in [1.165, 1.54) is 12.1 Å². The first-order chi connectivity index (χ1) is 13.6. The van der Waals surface area contributed by atoms with Gasteiger partial charge in [-0.3, -0.25) is 19.9 Å². The molecule has 4 rings (SSSR count). The molecule has 0 aliphatic carbocycles. The van der Waals surface area contributed by atoms with Crippen molar-refractivity contribution < 1.29 is 9.72 Å². The number of rotatable bonds is 4. The quantitative estimate of drug-likeness (QED) is 0.539. The number of aromatic nitrogens is 1. The number of amides is 1. The molecule has 1 aromatic heterocycles. The summed E-state index contributed by atoms with van der Waals surface area (Å²) in [6.07, 6.45) is 4.92. The monoisotopic (exact) mass is 376 g/mol. The molecule has 0 radical (unpaired) electrons. The van der Waals surface area contributed by atoms with Crippen molar-refractivity contribution in [1.29, 1.82) is 0 Å². The van der Waals surface area contributed by atoms with Crippen LogP contribution in [0.1, 0.15) is 29.6 Å². The van der Waals surface area contributed by atoms with Gasteiger partial charge in [-0.05, 0) is 37.5 Å². The van der Waals surface area contributed by atoms with Crippen molar-refractivity contribution in [3.05, 3.63) is 70.4 Å². The Morgan fingerprint density at radius 3 is 2.64 bits per heavy atom. The molecule has 1 N–H and O–H groups in total. The van der Waals surface area contributed by atoms with Crippen LogP contribution in [-0.4, -0.2) is 28.9 Å². The van der Waals surface area contributed by atoms with Crippen LogP contribution in [0, 0.1) is 10.1 Å². The second kappa shape index (κ2) is 7.64. The van der Waals surface area contributed by atoms with Crippen LogP contribution in [0.15, 0.2) is 54.7 Å². The zero-order chi connectivity index (χ0) is 19.5. The van der Waals surface area contributed by atoms with E-state index >= 15 is 0 Å². The zero-order valence-corrected chi connectivity index (χ0v) is 15.3. The lowest BCUT2D eigenvalue weighted by molar-refractivity contribution is -0.384. The predicted octanol–water partition coefficient (Wildman–Crippen LogP) is 4.39. The number of para-hydroxylation sites is 1. The number of piperidine rings is 1. The number of hydrogen-bond donors (Lipinski definition) is 1. The zero-order valence-electron chi connectivity index (χ0n) is 15.3. The smallest absolute Gasteiger partial charge is 0.270 e. The van der Waals surface area contributed by atoms with Gasteiger partial charge in [-0.25, -0.2) is 0 Å². The van der Waals surface area contributed by atoms with Gasteiger partial charge in [-0.2, -0.15) is 0 Å². The number of carbonyl (C=O) groups is 1. The number of fused-ring (bicyclic) bond motifs is 1. The molecule has 2 aromatic carbocycles. The van der Waals surface area contributed by atoms with Gasteiger partial charge in [0.1, 0.15) is 0 Å².